The molecule has 0 radical (unpaired) electrons. The van der Waals surface area contributed by atoms with Crippen LogP contribution in [0.5, 0.6) is 0 Å². The first-order valence-corrected chi connectivity index (χ1v) is 9.92. The third kappa shape index (κ3) is 3.88. The van der Waals surface area contributed by atoms with Crippen molar-refractivity contribution in [3.05, 3.63) is 47.2 Å². The molecule has 0 bridgehead atoms. The van der Waals surface area contributed by atoms with E-state index in [4.69, 9.17) is 14.7 Å². The van der Waals surface area contributed by atoms with Crippen LogP contribution in [-0.2, 0) is 16.8 Å². The number of aromatic nitrogens is 5. The molecule has 0 aliphatic heterocycles. The fourth-order valence-electron chi connectivity index (χ4n) is 2.96. The molecule has 0 aliphatic rings. The maximum Gasteiger partial charge on any atom is 0.357 e. The number of anilines is 2. The number of nitrogens with two attached hydrogens (primary N) is 1. The second-order valence-corrected chi connectivity index (χ2v) is 7.64. The molecule has 0 saturated carbocycles. The molecule has 1 aromatic carbocycles. The fourth-order valence-corrected chi connectivity index (χ4v) is 3.47. The Hall–Kier alpha value is -3.51. The first-order chi connectivity index (χ1) is 13.7. The van der Waals surface area contributed by atoms with E-state index < -0.39 is 10.3 Å². The molecule has 11 nitrogen and oxygen atoms in total. The number of hydrogen-bond donors (Lipinski definition) is 3. The van der Waals surface area contributed by atoms with Crippen LogP contribution in [0.3, 0.4) is 0 Å². The van der Waals surface area contributed by atoms with Crippen molar-refractivity contribution < 1.29 is 17.4 Å². The summed E-state index contributed by atoms with van der Waals surface area (Å²) in [6.45, 7) is 3.86. The molecular weight excluding hydrogens is 398 g/mol. The Morgan fingerprint density at radius 3 is 2.66 bits per heavy atom. The van der Waals surface area contributed by atoms with E-state index in [9.17, 15) is 8.42 Å². The van der Waals surface area contributed by atoms with Crippen LogP contribution in [0.25, 0.3) is 22.6 Å². The number of aryl methyl sites for hydroxylation is 2. The van der Waals surface area contributed by atoms with Crippen LogP contribution >= 0.6 is 0 Å². The van der Waals surface area contributed by atoms with Crippen LogP contribution in [0.1, 0.15) is 16.9 Å². The number of fused-ring (bicyclic) bond motifs is 1. The van der Waals surface area contributed by atoms with Crippen LogP contribution in [0.15, 0.2) is 34.7 Å². The maximum atomic E-state index is 11.0. The van der Waals surface area contributed by atoms with Crippen LogP contribution in [0.4, 0.5) is 11.6 Å². The minimum absolute atomic E-state index is 0.0639. The molecule has 4 aromatic rings. The minimum Gasteiger partial charge on any atom is -0.460 e. The first-order valence-electron chi connectivity index (χ1n) is 8.48. The molecule has 0 spiro atoms. The van der Waals surface area contributed by atoms with Gasteiger partial charge in [0.25, 0.3) is 0 Å². The van der Waals surface area contributed by atoms with Gasteiger partial charge >= 0.3 is 10.3 Å². The molecule has 0 atom stereocenters. The Kier molecular flexibility index (Phi) is 4.43. The molecule has 0 aliphatic carbocycles. The van der Waals surface area contributed by atoms with Crippen LogP contribution < -0.4 is 10.5 Å². The van der Waals surface area contributed by atoms with Gasteiger partial charge in [-0.1, -0.05) is 17.3 Å². The second kappa shape index (κ2) is 6.83. The van der Waals surface area contributed by atoms with Gasteiger partial charge in [-0.2, -0.15) is 13.4 Å². The second-order valence-electron chi connectivity index (χ2n) is 6.49. The van der Waals surface area contributed by atoms with Gasteiger partial charge in [0.15, 0.2) is 16.9 Å². The molecule has 150 valence electrons. The largest absolute Gasteiger partial charge is 0.460 e. The number of rotatable bonds is 5. The smallest absolute Gasteiger partial charge is 0.357 e. The van der Waals surface area contributed by atoms with Crippen LogP contribution in [0.2, 0.25) is 0 Å². The molecule has 4 rings (SSSR count). The van der Waals surface area contributed by atoms with E-state index in [1.165, 1.54) is 0 Å². The molecule has 29 heavy (non-hydrogen) atoms. The number of furan rings is 1. The molecular formula is C17H17N7O4S. The average molecular weight is 415 g/mol. The SMILES string of the molecule is Cc1ccc(-c2nc(N)nc3c2nnn3Cc2ccc(NS(=O)(=O)O)c(C)c2)o1. The zero-order valence-electron chi connectivity index (χ0n) is 15.5. The van der Waals surface area contributed by atoms with Gasteiger partial charge in [-0.25, -0.2) is 9.67 Å². The number of nitrogen functional groups attached to an aromatic ring is 1. The number of benzene rings is 1. The van der Waals surface area contributed by atoms with E-state index >= 15 is 0 Å². The van der Waals surface area contributed by atoms with Gasteiger partial charge in [-0.3, -0.25) is 9.27 Å². The zero-order chi connectivity index (χ0) is 20.8. The highest BCUT2D eigenvalue weighted by atomic mass is 32.2. The third-order valence-corrected chi connectivity index (χ3v) is 4.69. The Balaban J connectivity index is 1.71. The lowest BCUT2D eigenvalue weighted by atomic mass is 10.1. The van der Waals surface area contributed by atoms with E-state index in [0.29, 0.717) is 34.7 Å². The fraction of sp³-hybridized carbons (Fsp3) is 0.176. The Bertz CT molecular complexity index is 1330. The predicted octanol–water partition coefficient (Wildman–Crippen LogP) is 1.94. The van der Waals surface area contributed by atoms with Gasteiger partial charge in [0.2, 0.25) is 5.95 Å². The van der Waals surface area contributed by atoms with Gasteiger partial charge in [-0.15, -0.1) is 5.10 Å². The van der Waals surface area contributed by atoms with Gasteiger partial charge in [-0.05, 0) is 43.2 Å². The number of nitrogens with one attached hydrogen (secondary N) is 1. The van der Waals surface area contributed by atoms with E-state index in [1.54, 1.807) is 35.9 Å². The number of hydrogen-bond acceptors (Lipinski definition) is 8. The van der Waals surface area contributed by atoms with Gasteiger partial charge < -0.3 is 10.2 Å². The lowest BCUT2D eigenvalue weighted by Crippen LogP contribution is -2.11. The summed E-state index contributed by atoms with van der Waals surface area (Å²) in [4.78, 5) is 8.48. The van der Waals surface area contributed by atoms with Crippen molar-refractivity contribution in [2.24, 2.45) is 0 Å². The van der Waals surface area contributed by atoms with Gasteiger partial charge in [0, 0.05) is 0 Å². The summed E-state index contributed by atoms with van der Waals surface area (Å²) >= 11 is 0. The van der Waals surface area contributed by atoms with E-state index in [0.717, 1.165) is 11.3 Å². The Morgan fingerprint density at radius 1 is 1.21 bits per heavy atom. The lowest BCUT2D eigenvalue weighted by molar-refractivity contribution is 0.489. The normalized spacial score (nSPS) is 11.8. The maximum absolute atomic E-state index is 11.0. The van der Waals surface area contributed by atoms with Crippen molar-refractivity contribution in [3.8, 4) is 11.5 Å². The van der Waals surface area contributed by atoms with E-state index in [2.05, 4.69) is 20.3 Å². The third-order valence-electron chi connectivity index (χ3n) is 4.22. The minimum atomic E-state index is -4.34. The lowest BCUT2D eigenvalue weighted by Gasteiger charge is -2.09. The first kappa shape index (κ1) is 18.8. The summed E-state index contributed by atoms with van der Waals surface area (Å²) in [6, 6.07) is 8.62. The molecule has 4 N–H and O–H groups in total. The molecule has 3 heterocycles. The average Bonchev–Trinajstić information content (AvgIpc) is 3.22. The predicted molar refractivity (Wildman–Crippen MR) is 105 cm³/mol. The highest BCUT2D eigenvalue weighted by Crippen LogP contribution is 2.27. The molecule has 0 unspecified atom stereocenters. The molecule has 3 aromatic heterocycles. The van der Waals surface area contributed by atoms with Crippen molar-refractivity contribution in [2.75, 3.05) is 10.5 Å². The quantitative estimate of drug-likeness (QED) is 0.413. The molecule has 0 saturated heterocycles. The van der Waals surface area contributed by atoms with Crippen molar-refractivity contribution in [2.45, 2.75) is 20.4 Å². The van der Waals surface area contributed by atoms with Crippen molar-refractivity contribution in [1.29, 1.82) is 0 Å². The van der Waals surface area contributed by atoms with E-state index in [1.807, 2.05) is 17.7 Å². The summed E-state index contributed by atoms with van der Waals surface area (Å²) in [5, 5.41) is 8.33. The van der Waals surface area contributed by atoms with Crippen molar-refractivity contribution >= 4 is 33.1 Å². The van der Waals surface area contributed by atoms with Gasteiger partial charge in [0.1, 0.15) is 11.5 Å². The summed E-state index contributed by atoms with van der Waals surface area (Å²) in [6.07, 6.45) is 0. The summed E-state index contributed by atoms with van der Waals surface area (Å²) in [5.41, 5.74) is 8.95. The summed E-state index contributed by atoms with van der Waals surface area (Å²) in [7, 11) is -4.34. The highest BCUT2D eigenvalue weighted by Gasteiger charge is 2.18. The van der Waals surface area contributed by atoms with Crippen LogP contribution in [-0.4, -0.2) is 37.9 Å². The van der Waals surface area contributed by atoms with E-state index in [-0.39, 0.29) is 11.6 Å². The van der Waals surface area contributed by atoms with Gasteiger partial charge in [0.05, 0.1) is 12.2 Å². The van der Waals surface area contributed by atoms with Crippen molar-refractivity contribution in [3.63, 3.8) is 0 Å². The van der Waals surface area contributed by atoms with Crippen LogP contribution in [0, 0.1) is 13.8 Å². The Morgan fingerprint density at radius 2 is 2.00 bits per heavy atom. The monoisotopic (exact) mass is 415 g/mol. The summed E-state index contributed by atoms with van der Waals surface area (Å²) < 4.78 is 40.2. The summed E-state index contributed by atoms with van der Waals surface area (Å²) in [5.74, 6) is 1.31. The molecule has 12 heteroatoms. The molecule has 0 fully saturated rings. The number of nitrogens with zero attached hydrogens (tertiary/aromatic N) is 5. The standard InChI is InChI=1S/C17H17N7O4S/c1-9-7-11(4-5-12(9)22-29(25,26)27)8-24-16-15(21-23-24)14(19-17(18)20-16)13-6-3-10(2)28-13/h3-7,22H,8H2,1-2H3,(H2,18,19,20)(H,25,26,27). The van der Waals surface area contributed by atoms with Crippen molar-refractivity contribution in [1.82, 2.24) is 25.0 Å². The zero-order valence-corrected chi connectivity index (χ0v) is 16.3. The Labute approximate surface area is 165 Å². The topological polar surface area (TPSA) is 162 Å². The molecule has 0 amide bonds. The highest BCUT2D eigenvalue weighted by molar-refractivity contribution is 7.87.